The van der Waals surface area contributed by atoms with Gasteiger partial charge in [0.15, 0.2) is 0 Å². The Hall–Kier alpha value is -0.833. The van der Waals surface area contributed by atoms with Crippen molar-refractivity contribution in [2.45, 2.75) is 39.5 Å². The van der Waals surface area contributed by atoms with Gasteiger partial charge in [-0.05, 0) is 31.1 Å². The third-order valence-corrected chi connectivity index (χ3v) is 5.11. The van der Waals surface area contributed by atoms with Crippen LogP contribution in [-0.4, -0.2) is 59.8 Å². The third kappa shape index (κ3) is 13.1. The van der Waals surface area contributed by atoms with Crippen LogP contribution < -0.4 is 0 Å². The van der Waals surface area contributed by atoms with Crippen molar-refractivity contribution >= 4 is 8.56 Å². The topological polar surface area (TPSA) is 59.0 Å². The molecule has 0 aliphatic rings. The fraction of sp³-hybridized carbons (Fsp3) is 0.722. The molecular formula is C18H33NO5Si. The number of hydrogen-bond acceptors (Lipinski definition) is 6. The molecule has 1 heterocycles. The van der Waals surface area contributed by atoms with Gasteiger partial charge in [-0.25, -0.2) is 0 Å². The largest absolute Gasteiger partial charge is 0.392 e. The molecule has 0 unspecified atom stereocenters. The highest BCUT2D eigenvalue weighted by atomic mass is 28.4. The summed E-state index contributed by atoms with van der Waals surface area (Å²) in [5.41, 5.74) is 1.05. The molecule has 0 fully saturated rings. The average molecular weight is 372 g/mol. The van der Waals surface area contributed by atoms with Crippen LogP contribution >= 0.6 is 0 Å². The number of aromatic nitrogens is 1. The highest BCUT2D eigenvalue weighted by Crippen LogP contribution is 2.10. The molecule has 0 saturated carbocycles. The minimum Gasteiger partial charge on any atom is -0.392 e. The van der Waals surface area contributed by atoms with E-state index in [4.69, 9.17) is 23.1 Å². The molecule has 0 bridgehead atoms. The lowest BCUT2D eigenvalue weighted by molar-refractivity contribution is 0.00628. The van der Waals surface area contributed by atoms with E-state index >= 15 is 0 Å². The molecule has 1 rings (SSSR count). The van der Waals surface area contributed by atoms with Gasteiger partial charge in [-0.3, -0.25) is 4.98 Å². The molecule has 0 aromatic carbocycles. The van der Waals surface area contributed by atoms with Gasteiger partial charge in [-0.2, -0.15) is 0 Å². The first-order valence-corrected chi connectivity index (χ1v) is 11.9. The lowest BCUT2D eigenvalue weighted by atomic mass is 10.3. The molecule has 0 aliphatic heterocycles. The molecule has 1 aromatic heterocycles. The smallest absolute Gasteiger partial charge is 0.332 e. The highest BCUT2D eigenvalue weighted by Gasteiger charge is 2.24. The van der Waals surface area contributed by atoms with E-state index in [1.807, 2.05) is 31.4 Å². The summed E-state index contributed by atoms with van der Waals surface area (Å²) in [6, 6.07) is 3.90. The zero-order valence-corrected chi connectivity index (χ0v) is 16.9. The van der Waals surface area contributed by atoms with Crippen molar-refractivity contribution in [1.82, 2.24) is 4.98 Å². The van der Waals surface area contributed by atoms with Crippen molar-refractivity contribution in [3.05, 3.63) is 30.1 Å². The normalized spacial score (nSPS) is 11.8. The zero-order chi connectivity index (χ0) is 18.2. The third-order valence-electron chi connectivity index (χ3n) is 3.37. The summed E-state index contributed by atoms with van der Waals surface area (Å²) >= 11 is 0. The average Bonchev–Trinajstić information content (AvgIpc) is 2.62. The van der Waals surface area contributed by atoms with E-state index in [9.17, 15) is 0 Å². The molecule has 144 valence electrons. The number of nitrogens with zero attached hydrogens (tertiary/aromatic N) is 1. The van der Waals surface area contributed by atoms with Crippen LogP contribution in [0.25, 0.3) is 0 Å². The number of pyridine rings is 1. The second-order valence-corrected chi connectivity index (χ2v) is 9.47. The molecule has 1 aromatic rings. The lowest BCUT2D eigenvalue weighted by Crippen LogP contribution is -2.35. The standard InChI is InChI=1S/C18H33NO5Si/c1-4-5-9-20-10-11-21-12-13-22-14-15-23-25(2,3)24-17-18-7-6-8-19-16-18/h6-8,16H,4-5,9-15,17H2,1-3H3. The maximum atomic E-state index is 5.90. The van der Waals surface area contributed by atoms with Gasteiger partial charge in [0.25, 0.3) is 0 Å². The van der Waals surface area contributed by atoms with Crippen molar-refractivity contribution in [3.63, 3.8) is 0 Å². The quantitative estimate of drug-likeness (QED) is 0.329. The number of ether oxygens (including phenoxy) is 3. The molecule has 0 spiro atoms. The minimum atomic E-state index is -2.14. The second kappa shape index (κ2) is 14.3. The summed E-state index contributed by atoms with van der Waals surface area (Å²) in [5.74, 6) is 0. The minimum absolute atomic E-state index is 0.530. The zero-order valence-electron chi connectivity index (χ0n) is 15.9. The van der Waals surface area contributed by atoms with Crippen LogP contribution in [0.3, 0.4) is 0 Å². The Kier molecular flexibility index (Phi) is 12.7. The Morgan fingerprint density at radius 3 is 2.12 bits per heavy atom. The SMILES string of the molecule is CCCCOCCOCCOCCO[Si](C)(C)OCc1cccnc1. The Balaban J connectivity index is 1.91. The van der Waals surface area contributed by atoms with Gasteiger partial charge in [0.05, 0.1) is 46.2 Å². The van der Waals surface area contributed by atoms with Crippen molar-refractivity contribution in [2.24, 2.45) is 0 Å². The first-order chi connectivity index (χ1) is 12.1. The van der Waals surface area contributed by atoms with Crippen LogP contribution in [0, 0.1) is 0 Å². The summed E-state index contributed by atoms with van der Waals surface area (Å²) in [7, 11) is -2.14. The van der Waals surface area contributed by atoms with Gasteiger partial charge in [0, 0.05) is 19.0 Å². The fourth-order valence-corrected chi connectivity index (χ4v) is 3.09. The number of unbranched alkanes of at least 4 members (excludes halogenated alkanes) is 1. The van der Waals surface area contributed by atoms with Crippen molar-refractivity contribution in [2.75, 3.05) is 46.2 Å². The molecule has 0 aliphatic carbocycles. The van der Waals surface area contributed by atoms with Crippen LogP contribution in [0.15, 0.2) is 24.5 Å². The van der Waals surface area contributed by atoms with Crippen LogP contribution in [0.1, 0.15) is 25.3 Å². The van der Waals surface area contributed by atoms with Crippen LogP contribution in [0.4, 0.5) is 0 Å². The maximum absolute atomic E-state index is 5.90. The Bertz CT molecular complexity index is 419. The van der Waals surface area contributed by atoms with Gasteiger partial charge in [0.2, 0.25) is 0 Å². The van der Waals surface area contributed by atoms with E-state index in [1.165, 1.54) is 0 Å². The number of hydrogen-bond donors (Lipinski definition) is 0. The maximum Gasteiger partial charge on any atom is 0.332 e. The van der Waals surface area contributed by atoms with Crippen molar-refractivity contribution < 1.29 is 23.1 Å². The van der Waals surface area contributed by atoms with Gasteiger partial charge < -0.3 is 23.1 Å². The Labute approximate surface area is 153 Å². The first-order valence-electron chi connectivity index (χ1n) is 9.04. The summed E-state index contributed by atoms with van der Waals surface area (Å²) in [4.78, 5) is 4.08. The Morgan fingerprint density at radius 1 is 0.880 bits per heavy atom. The second-order valence-electron chi connectivity index (χ2n) is 6.09. The highest BCUT2D eigenvalue weighted by molar-refractivity contribution is 6.64. The molecule has 7 heteroatoms. The molecule has 0 N–H and O–H groups in total. The molecule has 0 atom stereocenters. The van der Waals surface area contributed by atoms with Gasteiger partial charge in [-0.1, -0.05) is 19.4 Å². The summed E-state index contributed by atoms with van der Waals surface area (Å²) in [6.07, 6.45) is 5.82. The van der Waals surface area contributed by atoms with E-state index in [2.05, 4.69) is 11.9 Å². The predicted octanol–water partition coefficient (Wildman–Crippen LogP) is 3.17. The van der Waals surface area contributed by atoms with E-state index < -0.39 is 8.56 Å². The van der Waals surface area contributed by atoms with Gasteiger partial charge >= 0.3 is 8.56 Å². The summed E-state index contributed by atoms with van der Waals surface area (Å²) in [6.45, 7) is 11.1. The van der Waals surface area contributed by atoms with E-state index in [0.29, 0.717) is 46.2 Å². The van der Waals surface area contributed by atoms with E-state index in [-0.39, 0.29) is 0 Å². The molecule has 0 amide bonds. The van der Waals surface area contributed by atoms with E-state index in [0.717, 1.165) is 25.0 Å². The van der Waals surface area contributed by atoms with Crippen LogP contribution in [0.2, 0.25) is 13.1 Å². The van der Waals surface area contributed by atoms with Crippen LogP contribution in [0.5, 0.6) is 0 Å². The monoisotopic (exact) mass is 371 g/mol. The molecule has 0 saturated heterocycles. The van der Waals surface area contributed by atoms with Crippen molar-refractivity contribution in [1.29, 1.82) is 0 Å². The molecule has 0 radical (unpaired) electrons. The number of rotatable bonds is 16. The molecular weight excluding hydrogens is 338 g/mol. The predicted molar refractivity (Wildman–Crippen MR) is 99.8 cm³/mol. The Morgan fingerprint density at radius 2 is 1.52 bits per heavy atom. The first kappa shape index (κ1) is 22.2. The van der Waals surface area contributed by atoms with Crippen LogP contribution in [-0.2, 0) is 29.7 Å². The van der Waals surface area contributed by atoms with Crippen molar-refractivity contribution in [3.8, 4) is 0 Å². The summed E-state index contributed by atoms with van der Waals surface area (Å²) < 4.78 is 28.1. The van der Waals surface area contributed by atoms with Gasteiger partial charge in [0.1, 0.15) is 0 Å². The van der Waals surface area contributed by atoms with E-state index in [1.54, 1.807) is 6.20 Å². The fourth-order valence-electron chi connectivity index (χ4n) is 1.92. The molecule has 6 nitrogen and oxygen atoms in total. The summed E-state index contributed by atoms with van der Waals surface area (Å²) in [5, 5.41) is 0. The molecule has 25 heavy (non-hydrogen) atoms. The lowest BCUT2D eigenvalue weighted by Gasteiger charge is -2.22. The van der Waals surface area contributed by atoms with Gasteiger partial charge in [-0.15, -0.1) is 0 Å².